The molecule has 0 amide bonds. The smallest absolute Gasteiger partial charge is 0.438 e. The lowest BCUT2D eigenvalue weighted by atomic mass is 9.85. The molecule has 0 fully saturated rings. The van der Waals surface area contributed by atoms with Gasteiger partial charge in [-0.1, -0.05) is 6.58 Å². The Kier molecular flexibility index (Phi) is 8.54. The second-order valence-corrected chi connectivity index (χ2v) is 6.65. The van der Waals surface area contributed by atoms with Crippen LogP contribution in [0.3, 0.4) is 0 Å². The van der Waals surface area contributed by atoms with Crippen LogP contribution in [0.5, 0.6) is 0 Å². The Bertz CT molecular complexity index is 709. The molecule has 33 heavy (non-hydrogen) atoms. The predicted octanol–water partition coefficient (Wildman–Crippen LogP) is 5.62. The summed E-state index contributed by atoms with van der Waals surface area (Å²) < 4.78 is 200. The zero-order chi connectivity index (χ0) is 27.1. The number of carbonyl (C=O) groups is 1. The summed E-state index contributed by atoms with van der Waals surface area (Å²) >= 11 is 0. The predicted molar refractivity (Wildman–Crippen MR) is 76.8 cm³/mol. The van der Waals surface area contributed by atoms with Gasteiger partial charge >= 0.3 is 47.7 Å². The maximum absolute atomic E-state index is 13.6. The van der Waals surface area contributed by atoms with E-state index in [0.717, 1.165) is 6.92 Å². The van der Waals surface area contributed by atoms with E-state index >= 15 is 0 Å². The van der Waals surface area contributed by atoms with Gasteiger partial charge in [0.2, 0.25) is 0 Å². The van der Waals surface area contributed by atoms with Gasteiger partial charge in [0.15, 0.2) is 0 Å². The number of alkyl halides is 15. The third-order valence-electron chi connectivity index (χ3n) is 4.01. The summed E-state index contributed by atoms with van der Waals surface area (Å²) in [6.07, 6.45) is -22.8. The average Bonchev–Trinajstić information content (AvgIpc) is 2.60. The summed E-state index contributed by atoms with van der Waals surface area (Å²) in [4.78, 5) is 11.0. The van der Waals surface area contributed by atoms with Gasteiger partial charge in [0.1, 0.15) is 6.61 Å². The molecule has 1 atom stereocenters. The molecule has 1 unspecified atom stereocenters. The molecule has 0 aliphatic carbocycles. The summed E-state index contributed by atoms with van der Waals surface area (Å²) in [6, 6.07) is 0. The Morgan fingerprint density at radius 1 is 0.788 bits per heavy atom. The first-order valence-electron chi connectivity index (χ1n) is 8.06. The molecular weight excluding hydrogens is 513 g/mol. The van der Waals surface area contributed by atoms with Gasteiger partial charge in [-0.05, 0) is 13.3 Å². The Balaban J connectivity index is 6.03. The Labute approximate surface area is 174 Å². The Morgan fingerprint density at radius 2 is 1.18 bits per heavy atom. The third-order valence-corrected chi connectivity index (χ3v) is 4.01. The summed E-state index contributed by atoms with van der Waals surface area (Å²) in [7, 11) is 0. The lowest BCUT2D eigenvalue weighted by molar-refractivity contribution is -0.457. The summed E-state index contributed by atoms with van der Waals surface area (Å²) in [6.45, 7) is 2.83. The largest absolute Gasteiger partial charge is 0.460 e. The molecule has 0 spiro atoms. The van der Waals surface area contributed by atoms with E-state index in [9.17, 15) is 75.8 Å². The lowest BCUT2D eigenvalue weighted by Gasteiger charge is -2.43. The molecule has 0 heterocycles. The van der Waals surface area contributed by atoms with Gasteiger partial charge in [0.25, 0.3) is 0 Å². The summed E-state index contributed by atoms with van der Waals surface area (Å²) in [5.74, 6) is -32.2. The Morgan fingerprint density at radius 3 is 1.52 bits per heavy atom. The van der Waals surface area contributed by atoms with E-state index in [1.54, 1.807) is 0 Å². The molecule has 0 radical (unpaired) electrons. The van der Waals surface area contributed by atoms with Crippen molar-refractivity contribution in [3.05, 3.63) is 12.2 Å². The van der Waals surface area contributed by atoms with Crippen LogP contribution in [0.15, 0.2) is 12.2 Å². The SMILES string of the molecule is C=C(C)C(=O)OCC(O)CCC(F)(F)C(F)(F)C(F)(F)C(F)(F)C(F)(C(F)(F)F)C(F)(F)F. The number of ether oxygens (including phenoxy) is 1. The van der Waals surface area contributed by atoms with Crippen LogP contribution in [0.1, 0.15) is 19.8 Å². The van der Waals surface area contributed by atoms with E-state index in [-0.39, 0.29) is 5.57 Å². The van der Waals surface area contributed by atoms with Crippen molar-refractivity contribution >= 4 is 5.97 Å². The van der Waals surface area contributed by atoms with Gasteiger partial charge in [-0.2, -0.15) is 61.5 Å². The normalized spacial score (nSPS) is 15.9. The van der Waals surface area contributed by atoms with Gasteiger partial charge in [0.05, 0.1) is 6.10 Å². The van der Waals surface area contributed by atoms with E-state index in [4.69, 9.17) is 0 Å². The molecule has 196 valence electrons. The van der Waals surface area contributed by atoms with E-state index in [1.807, 2.05) is 0 Å². The van der Waals surface area contributed by atoms with Crippen LogP contribution in [0.25, 0.3) is 0 Å². The first-order chi connectivity index (χ1) is 14.2. The molecule has 0 aromatic rings. The molecule has 0 aliphatic heterocycles. The zero-order valence-corrected chi connectivity index (χ0v) is 15.8. The van der Waals surface area contributed by atoms with Crippen molar-refractivity contribution < 1.29 is 80.5 Å². The van der Waals surface area contributed by atoms with Gasteiger partial charge in [-0.15, -0.1) is 0 Å². The van der Waals surface area contributed by atoms with Crippen LogP contribution in [-0.4, -0.2) is 65.5 Å². The zero-order valence-electron chi connectivity index (χ0n) is 15.8. The molecule has 0 bridgehead atoms. The fourth-order valence-corrected chi connectivity index (χ4v) is 2.04. The van der Waals surface area contributed by atoms with Gasteiger partial charge in [-0.3, -0.25) is 0 Å². The number of halogens is 15. The number of aliphatic hydroxyl groups excluding tert-OH is 1. The number of carbonyl (C=O) groups excluding carboxylic acids is 1. The van der Waals surface area contributed by atoms with Crippen LogP contribution in [0.2, 0.25) is 0 Å². The standard InChI is InChI=1S/C15H13F15O3/c1-6(2)8(32)33-5-7(31)3-4-9(16,17)11(19,20)13(23,24)12(21,22)10(18,14(25,26)27)15(28,29)30/h7,31H,1,3-5H2,2H3. The van der Waals surface area contributed by atoms with E-state index < -0.39 is 73.2 Å². The minimum absolute atomic E-state index is 0.315. The highest BCUT2D eigenvalue weighted by Gasteiger charge is 2.95. The van der Waals surface area contributed by atoms with Crippen molar-refractivity contribution in [2.75, 3.05) is 6.61 Å². The minimum Gasteiger partial charge on any atom is -0.460 e. The van der Waals surface area contributed by atoms with Crippen LogP contribution >= 0.6 is 0 Å². The monoisotopic (exact) mass is 526 g/mol. The Hall–Kier alpha value is -1.88. The van der Waals surface area contributed by atoms with Gasteiger partial charge in [-0.25, -0.2) is 9.18 Å². The molecular formula is C15H13F15O3. The number of hydrogen-bond donors (Lipinski definition) is 1. The van der Waals surface area contributed by atoms with Crippen molar-refractivity contribution in [1.82, 2.24) is 0 Å². The molecule has 0 saturated carbocycles. The fourth-order valence-electron chi connectivity index (χ4n) is 2.04. The molecule has 0 aromatic carbocycles. The molecule has 0 rings (SSSR count). The first kappa shape index (κ1) is 31.1. The van der Waals surface area contributed by atoms with Crippen molar-refractivity contribution in [2.45, 2.75) is 67.6 Å². The van der Waals surface area contributed by atoms with Crippen LogP contribution < -0.4 is 0 Å². The van der Waals surface area contributed by atoms with Gasteiger partial charge < -0.3 is 9.84 Å². The van der Waals surface area contributed by atoms with E-state index in [1.165, 1.54) is 0 Å². The van der Waals surface area contributed by atoms with Crippen LogP contribution in [0, 0.1) is 0 Å². The van der Waals surface area contributed by atoms with E-state index in [2.05, 4.69) is 11.3 Å². The van der Waals surface area contributed by atoms with Crippen LogP contribution in [-0.2, 0) is 9.53 Å². The molecule has 0 aromatic heterocycles. The minimum atomic E-state index is -8.49. The quantitative estimate of drug-likeness (QED) is 0.229. The second kappa shape index (κ2) is 9.05. The summed E-state index contributed by atoms with van der Waals surface area (Å²) in [5, 5.41) is 9.24. The molecule has 0 aliphatic rings. The van der Waals surface area contributed by atoms with Crippen molar-refractivity contribution in [1.29, 1.82) is 0 Å². The molecule has 18 heteroatoms. The fraction of sp³-hybridized carbons (Fsp3) is 0.800. The number of rotatable bonds is 10. The highest BCUT2D eigenvalue weighted by molar-refractivity contribution is 5.86. The van der Waals surface area contributed by atoms with Crippen molar-refractivity contribution in [3.8, 4) is 0 Å². The molecule has 3 nitrogen and oxygen atoms in total. The topological polar surface area (TPSA) is 46.5 Å². The van der Waals surface area contributed by atoms with Crippen molar-refractivity contribution in [2.24, 2.45) is 0 Å². The van der Waals surface area contributed by atoms with Gasteiger partial charge in [0, 0.05) is 12.0 Å². The van der Waals surface area contributed by atoms with Crippen LogP contribution in [0.4, 0.5) is 65.9 Å². The highest BCUT2D eigenvalue weighted by Crippen LogP contribution is 2.64. The average molecular weight is 526 g/mol. The van der Waals surface area contributed by atoms with E-state index in [0.29, 0.717) is 0 Å². The highest BCUT2D eigenvalue weighted by atomic mass is 19.4. The second-order valence-electron chi connectivity index (χ2n) is 6.65. The number of aliphatic hydroxyl groups is 1. The third kappa shape index (κ3) is 5.29. The maximum atomic E-state index is 13.6. The number of esters is 1. The maximum Gasteiger partial charge on any atom is 0.438 e. The van der Waals surface area contributed by atoms with Crippen molar-refractivity contribution in [3.63, 3.8) is 0 Å². The lowest BCUT2D eigenvalue weighted by Crippen LogP contribution is -2.75. The molecule has 1 N–H and O–H groups in total. The first-order valence-corrected chi connectivity index (χ1v) is 8.06. The summed E-state index contributed by atoms with van der Waals surface area (Å²) in [5.41, 5.74) is -8.67. The molecule has 0 saturated heterocycles. The number of hydrogen-bond acceptors (Lipinski definition) is 3.